The second-order valence-corrected chi connectivity index (χ2v) is 8.10. The Morgan fingerprint density at radius 3 is 2.87 bits per heavy atom. The predicted octanol–water partition coefficient (Wildman–Crippen LogP) is 4.24. The zero-order valence-electron chi connectivity index (χ0n) is 17.3. The first kappa shape index (κ1) is 22.0. The number of rotatable bonds is 10. The number of aromatic nitrogens is 1. The minimum atomic E-state index is -0.191. The van der Waals surface area contributed by atoms with Crippen LogP contribution in [0.1, 0.15) is 49.9 Å². The van der Waals surface area contributed by atoms with Crippen molar-refractivity contribution in [1.82, 2.24) is 10.3 Å². The molecule has 2 N–H and O–H groups in total. The van der Waals surface area contributed by atoms with E-state index in [0.717, 1.165) is 25.7 Å². The van der Waals surface area contributed by atoms with Gasteiger partial charge in [-0.2, -0.15) is 0 Å². The normalized spacial score (nSPS) is 13.0. The van der Waals surface area contributed by atoms with Gasteiger partial charge in [0.25, 0.3) is 5.91 Å². The van der Waals surface area contributed by atoms with Gasteiger partial charge in [0.2, 0.25) is 12.7 Å². The average Bonchev–Trinajstić information content (AvgIpc) is 3.20. The third kappa shape index (κ3) is 6.13. The molecule has 160 valence electrons. The van der Waals surface area contributed by atoms with Crippen LogP contribution in [0.2, 0.25) is 0 Å². The van der Waals surface area contributed by atoms with Crippen molar-refractivity contribution >= 4 is 29.3 Å². The lowest BCUT2D eigenvalue weighted by Crippen LogP contribution is -2.33. The van der Waals surface area contributed by atoms with E-state index >= 15 is 0 Å². The van der Waals surface area contributed by atoms with Crippen molar-refractivity contribution in [2.45, 2.75) is 50.6 Å². The molecule has 1 unspecified atom stereocenters. The Morgan fingerprint density at radius 2 is 2.03 bits per heavy atom. The third-order valence-corrected chi connectivity index (χ3v) is 5.64. The summed E-state index contributed by atoms with van der Waals surface area (Å²) < 4.78 is 10.6. The smallest absolute Gasteiger partial charge is 0.254 e. The zero-order chi connectivity index (χ0) is 21.3. The lowest BCUT2D eigenvalue weighted by molar-refractivity contribution is -0.113. The first-order chi connectivity index (χ1) is 14.6. The van der Waals surface area contributed by atoms with Crippen molar-refractivity contribution in [2.75, 3.05) is 17.9 Å². The maximum atomic E-state index is 12.7. The molecule has 0 fully saturated rings. The van der Waals surface area contributed by atoms with Gasteiger partial charge in [-0.3, -0.25) is 9.59 Å². The summed E-state index contributed by atoms with van der Waals surface area (Å²) >= 11 is 1.24. The molecule has 0 spiro atoms. The molecule has 0 saturated heterocycles. The molecule has 0 aliphatic carbocycles. The van der Waals surface area contributed by atoms with Gasteiger partial charge in [0.1, 0.15) is 5.03 Å². The Hall–Kier alpha value is -2.74. The number of fused-ring (bicyclic) bond motifs is 1. The molecule has 30 heavy (non-hydrogen) atoms. The maximum Gasteiger partial charge on any atom is 0.254 e. The van der Waals surface area contributed by atoms with E-state index in [1.54, 1.807) is 36.5 Å². The van der Waals surface area contributed by atoms with E-state index < -0.39 is 0 Å². The highest BCUT2D eigenvalue weighted by Gasteiger charge is 2.17. The number of carbonyl (C=O) groups excluding carboxylic acids is 2. The largest absolute Gasteiger partial charge is 0.454 e. The molecule has 2 aromatic rings. The van der Waals surface area contributed by atoms with Gasteiger partial charge in [-0.05, 0) is 37.6 Å². The van der Waals surface area contributed by atoms with Crippen molar-refractivity contribution in [2.24, 2.45) is 0 Å². The van der Waals surface area contributed by atoms with Crippen molar-refractivity contribution in [3.8, 4) is 11.5 Å². The Labute approximate surface area is 180 Å². The molecule has 2 amide bonds. The van der Waals surface area contributed by atoms with Crippen molar-refractivity contribution in [1.29, 1.82) is 0 Å². The number of nitrogens with one attached hydrogen (secondary N) is 2. The van der Waals surface area contributed by atoms with E-state index in [1.807, 2.05) is 6.92 Å². The quantitative estimate of drug-likeness (QED) is 0.434. The number of amides is 2. The molecule has 0 radical (unpaired) electrons. The predicted molar refractivity (Wildman–Crippen MR) is 117 cm³/mol. The van der Waals surface area contributed by atoms with Gasteiger partial charge in [0, 0.05) is 24.0 Å². The van der Waals surface area contributed by atoms with Crippen LogP contribution < -0.4 is 20.1 Å². The molecule has 1 aliphatic heterocycles. The fraction of sp³-hybridized carbons (Fsp3) is 0.409. The fourth-order valence-corrected chi connectivity index (χ4v) is 3.85. The number of pyridine rings is 1. The molecule has 0 bridgehead atoms. The van der Waals surface area contributed by atoms with Gasteiger partial charge >= 0.3 is 0 Å². The van der Waals surface area contributed by atoms with E-state index in [0.29, 0.717) is 27.8 Å². The van der Waals surface area contributed by atoms with E-state index in [-0.39, 0.29) is 30.4 Å². The molecule has 1 aliphatic rings. The highest BCUT2D eigenvalue weighted by molar-refractivity contribution is 8.00. The van der Waals surface area contributed by atoms with Crippen LogP contribution in [0.4, 0.5) is 5.69 Å². The van der Waals surface area contributed by atoms with Crippen LogP contribution in [0.5, 0.6) is 11.5 Å². The van der Waals surface area contributed by atoms with Crippen molar-refractivity contribution < 1.29 is 19.1 Å². The second kappa shape index (κ2) is 10.9. The van der Waals surface area contributed by atoms with Crippen LogP contribution in [-0.4, -0.2) is 35.4 Å². The van der Waals surface area contributed by atoms with Gasteiger partial charge in [0.15, 0.2) is 11.5 Å². The van der Waals surface area contributed by atoms with Crippen molar-refractivity contribution in [3.63, 3.8) is 0 Å². The van der Waals surface area contributed by atoms with E-state index in [1.165, 1.54) is 11.8 Å². The van der Waals surface area contributed by atoms with Gasteiger partial charge in [-0.1, -0.05) is 37.9 Å². The Kier molecular flexibility index (Phi) is 7.96. The highest BCUT2D eigenvalue weighted by atomic mass is 32.2. The topological polar surface area (TPSA) is 89.6 Å². The maximum absolute atomic E-state index is 12.7. The summed E-state index contributed by atoms with van der Waals surface area (Å²) in [5.74, 6) is 1.06. The van der Waals surface area contributed by atoms with Crippen molar-refractivity contribution in [3.05, 3.63) is 42.1 Å². The minimum absolute atomic E-state index is 0.0939. The van der Waals surface area contributed by atoms with Gasteiger partial charge in [-0.15, -0.1) is 0 Å². The number of hydrogen-bond acceptors (Lipinski definition) is 6. The summed E-state index contributed by atoms with van der Waals surface area (Å²) in [5.41, 5.74) is 1.12. The third-order valence-electron chi connectivity index (χ3n) is 4.63. The molecule has 3 rings (SSSR count). The molecular formula is C22H27N3O4S. The van der Waals surface area contributed by atoms with Crippen LogP contribution in [0.25, 0.3) is 0 Å². The van der Waals surface area contributed by atoms with Gasteiger partial charge in [-0.25, -0.2) is 4.98 Å². The molecule has 2 heterocycles. The van der Waals surface area contributed by atoms with E-state index in [4.69, 9.17) is 9.47 Å². The molecule has 1 atom stereocenters. The molecule has 8 heteroatoms. The van der Waals surface area contributed by atoms with Gasteiger partial charge in [0.05, 0.1) is 11.3 Å². The Balaban J connectivity index is 1.54. The molecule has 1 aromatic heterocycles. The van der Waals surface area contributed by atoms with Gasteiger partial charge < -0.3 is 20.1 Å². The summed E-state index contributed by atoms with van der Waals surface area (Å²) in [6, 6.07) is 8.80. The van der Waals surface area contributed by atoms with E-state index in [2.05, 4.69) is 22.5 Å². The number of thioether (sulfide) groups is 1. The van der Waals surface area contributed by atoms with Crippen LogP contribution in [0.3, 0.4) is 0 Å². The second-order valence-electron chi connectivity index (χ2n) is 7.13. The average molecular weight is 430 g/mol. The number of unbranched alkanes of at least 4 members (excludes halogenated alkanes) is 2. The lowest BCUT2D eigenvalue weighted by Gasteiger charge is -2.15. The zero-order valence-corrected chi connectivity index (χ0v) is 18.1. The number of nitrogens with zero attached hydrogens (tertiary/aromatic N) is 1. The van der Waals surface area contributed by atoms with Crippen LogP contribution in [-0.2, 0) is 4.79 Å². The first-order valence-corrected chi connectivity index (χ1v) is 11.1. The van der Waals surface area contributed by atoms with E-state index in [9.17, 15) is 9.59 Å². The monoisotopic (exact) mass is 429 g/mol. The Morgan fingerprint density at radius 1 is 1.20 bits per heavy atom. The SMILES string of the molecule is CCCCCC(C)NC(=O)c1cccnc1SCC(=O)Nc1ccc2c(c1)OCO2. The molecule has 0 saturated carbocycles. The summed E-state index contributed by atoms with van der Waals surface area (Å²) in [7, 11) is 0. The summed E-state index contributed by atoms with van der Waals surface area (Å²) in [6.45, 7) is 4.35. The van der Waals surface area contributed by atoms with Crippen LogP contribution in [0, 0.1) is 0 Å². The highest BCUT2D eigenvalue weighted by Crippen LogP contribution is 2.34. The first-order valence-electron chi connectivity index (χ1n) is 10.1. The number of benzene rings is 1. The molecule has 7 nitrogen and oxygen atoms in total. The number of ether oxygens (including phenoxy) is 2. The molecule has 1 aromatic carbocycles. The van der Waals surface area contributed by atoms with Crippen LogP contribution in [0.15, 0.2) is 41.6 Å². The number of carbonyl (C=O) groups is 2. The standard InChI is InChI=1S/C22H27N3O4S/c1-3-4-5-7-15(2)24-21(27)17-8-6-11-23-22(17)30-13-20(26)25-16-9-10-18-19(12-16)29-14-28-18/h6,8-12,15H,3-5,7,13-14H2,1-2H3,(H,24,27)(H,25,26). The summed E-state index contributed by atoms with van der Waals surface area (Å²) in [6.07, 6.45) is 5.97. The molecular weight excluding hydrogens is 402 g/mol. The minimum Gasteiger partial charge on any atom is -0.454 e. The summed E-state index contributed by atoms with van der Waals surface area (Å²) in [4.78, 5) is 29.3. The fourth-order valence-electron chi connectivity index (χ4n) is 3.06. The summed E-state index contributed by atoms with van der Waals surface area (Å²) in [5, 5.41) is 6.39. The number of anilines is 1. The lowest BCUT2D eigenvalue weighted by atomic mass is 10.1. The van der Waals surface area contributed by atoms with Crippen LogP contribution >= 0.6 is 11.8 Å². The number of hydrogen-bond donors (Lipinski definition) is 2. The Bertz CT molecular complexity index is 890.